The molecule has 0 unspecified atom stereocenters. The van der Waals surface area contributed by atoms with Gasteiger partial charge in [0.25, 0.3) is 0 Å². The van der Waals surface area contributed by atoms with Crippen molar-refractivity contribution in [3.8, 4) is 0 Å². The summed E-state index contributed by atoms with van der Waals surface area (Å²) >= 11 is 0. The van der Waals surface area contributed by atoms with Crippen LogP contribution in [0.25, 0.3) is 0 Å². The maximum Gasteiger partial charge on any atom is 0.507 e. The summed E-state index contributed by atoms with van der Waals surface area (Å²) in [5, 5.41) is 8.25. The molecule has 0 aliphatic rings. The Morgan fingerprint density at radius 2 is 1.71 bits per heavy atom. The Balaban J connectivity index is 3.82. The number of ether oxygens (including phenoxy) is 3. The molecule has 0 aliphatic carbocycles. The fourth-order valence-corrected chi connectivity index (χ4v) is 0.612. The summed E-state index contributed by atoms with van der Waals surface area (Å²) in [6.07, 6.45) is -2.15. The lowest BCUT2D eigenvalue weighted by molar-refractivity contribution is 0.00736. The van der Waals surface area contributed by atoms with Crippen molar-refractivity contribution in [2.24, 2.45) is 5.41 Å². The normalized spacial score (nSPS) is 10.5. The number of carbonyl (C=O) groups excluding carboxylic acids is 1. The van der Waals surface area contributed by atoms with Gasteiger partial charge in [-0.3, -0.25) is 0 Å². The molecule has 0 aromatic rings. The molecule has 0 rings (SSSR count). The maximum atomic E-state index is 10.6. The topological polar surface area (TPSA) is 82.1 Å². The minimum absolute atomic E-state index is 0.0347. The highest BCUT2D eigenvalue weighted by Crippen LogP contribution is 2.16. The van der Waals surface area contributed by atoms with Gasteiger partial charge in [0.15, 0.2) is 0 Å². The summed E-state index contributed by atoms with van der Waals surface area (Å²) in [4.78, 5) is 20.7. The van der Waals surface area contributed by atoms with Crippen molar-refractivity contribution in [1.82, 2.24) is 0 Å². The molecule has 0 bridgehead atoms. The van der Waals surface area contributed by atoms with E-state index >= 15 is 0 Å². The van der Waals surface area contributed by atoms with E-state index in [1.54, 1.807) is 13.8 Å². The summed E-state index contributed by atoms with van der Waals surface area (Å²) in [6, 6.07) is 0. The molecule has 82 valence electrons. The van der Waals surface area contributed by atoms with E-state index in [1.165, 1.54) is 7.11 Å². The molecule has 0 aromatic carbocycles. The average Bonchev–Trinajstić information content (AvgIpc) is 2.11. The molecule has 14 heavy (non-hydrogen) atoms. The molecule has 0 heterocycles. The zero-order valence-electron chi connectivity index (χ0n) is 8.40. The summed E-state index contributed by atoms with van der Waals surface area (Å²) in [5.74, 6) is 0. The summed E-state index contributed by atoms with van der Waals surface area (Å²) in [6.45, 7) is 3.41. The molecule has 0 atom stereocenters. The third-order valence-corrected chi connectivity index (χ3v) is 1.33. The lowest BCUT2D eigenvalue weighted by atomic mass is 9.96. The van der Waals surface area contributed by atoms with Crippen LogP contribution in [0.15, 0.2) is 0 Å². The van der Waals surface area contributed by atoms with E-state index in [0.717, 1.165) is 0 Å². The summed E-state index contributed by atoms with van der Waals surface area (Å²) in [5.41, 5.74) is -0.563. The van der Waals surface area contributed by atoms with Gasteiger partial charge in [-0.1, -0.05) is 13.8 Å². The lowest BCUT2D eigenvalue weighted by Crippen LogP contribution is -2.28. The Morgan fingerprint density at radius 1 is 1.21 bits per heavy atom. The van der Waals surface area contributed by atoms with Crippen molar-refractivity contribution in [2.75, 3.05) is 20.3 Å². The van der Waals surface area contributed by atoms with E-state index in [0.29, 0.717) is 0 Å². The third-order valence-electron chi connectivity index (χ3n) is 1.33. The largest absolute Gasteiger partial charge is 0.507 e. The molecule has 0 saturated heterocycles. The fraction of sp³-hybridized carbons (Fsp3) is 0.750. The van der Waals surface area contributed by atoms with Crippen LogP contribution >= 0.6 is 0 Å². The molecule has 0 spiro atoms. The van der Waals surface area contributed by atoms with Crippen LogP contribution in [-0.2, 0) is 14.2 Å². The second-order valence-corrected chi connectivity index (χ2v) is 3.46. The van der Waals surface area contributed by atoms with Crippen molar-refractivity contribution in [2.45, 2.75) is 13.8 Å². The second kappa shape index (κ2) is 5.31. The molecule has 0 aromatic heterocycles. The van der Waals surface area contributed by atoms with Gasteiger partial charge in [-0.2, -0.15) is 0 Å². The second-order valence-electron chi connectivity index (χ2n) is 3.46. The third kappa shape index (κ3) is 6.10. The quantitative estimate of drug-likeness (QED) is 0.701. The molecule has 6 heteroatoms. The van der Waals surface area contributed by atoms with Crippen LogP contribution in [0.5, 0.6) is 0 Å². The predicted octanol–water partition coefficient (Wildman–Crippen LogP) is 1.49. The Labute approximate surface area is 81.8 Å². The first-order valence-corrected chi connectivity index (χ1v) is 3.94. The number of carboxylic acid groups (broad SMARTS) is 1. The standard InChI is InChI=1S/C8H14O6/c1-8(2,4-13-6(9)10)5-14-7(11)12-3/h4-5H2,1-3H3,(H,9,10). The Bertz CT molecular complexity index is 210. The molecular weight excluding hydrogens is 192 g/mol. The molecule has 0 radical (unpaired) electrons. The van der Waals surface area contributed by atoms with Crippen molar-refractivity contribution < 1.29 is 28.9 Å². The van der Waals surface area contributed by atoms with E-state index < -0.39 is 17.7 Å². The van der Waals surface area contributed by atoms with E-state index in [4.69, 9.17) is 5.11 Å². The minimum Gasteiger partial charge on any atom is -0.450 e. The van der Waals surface area contributed by atoms with Crippen molar-refractivity contribution in [3.63, 3.8) is 0 Å². The van der Waals surface area contributed by atoms with E-state index in [1.807, 2.05) is 0 Å². The SMILES string of the molecule is COC(=O)OCC(C)(C)COC(=O)O. The van der Waals surface area contributed by atoms with Crippen LogP contribution in [0.2, 0.25) is 0 Å². The predicted molar refractivity (Wildman–Crippen MR) is 46.1 cm³/mol. The van der Waals surface area contributed by atoms with Crippen molar-refractivity contribution >= 4 is 12.3 Å². The monoisotopic (exact) mass is 206 g/mol. The Morgan fingerprint density at radius 3 is 2.14 bits per heavy atom. The zero-order valence-corrected chi connectivity index (χ0v) is 8.40. The first-order chi connectivity index (χ1) is 6.37. The van der Waals surface area contributed by atoms with Gasteiger partial charge in [-0.05, 0) is 0 Å². The van der Waals surface area contributed by atoms with Crippen LogP contribution in [0.3, 0.4) is 0 Å². The molecule has 0 saturated carbocycles. The number of hydrogen-bond acceptors (Lipinski definition) is 5. The number of methoxy groups -OCH3 is 1. The van der Waals surface area contributed by atoms with Crippen LogP contribution < -0.4 is 0 Å². The van der Waals surface area contributed by atoms with Crippen LogP contribution in [0, 0.1) is 5.41 Å². The highest BCUT2D eigenvalue weighted by atomic mass is 16.7. The van der Waals surface area contributed by atoms with Gasteiger partial charge in [0.05, 0.1) is 7.11 Å². The van der Waals surface area contributed by atoms with Crippen LogP contribution in [-0.4, -0.2) is 37.7 Å². The van der Waals surface area contributed by atoms with Gasteiger partial charge >= 0.3 is 12.3 Å². The first-order valence-electron chi connectivity index (χ1n) is 3.94. The smallest absolute Gasteiger partial charge is 0.450 e. The number of carbonyl (C=O) groups is 2. The zero-order chi connectivity index (χ0) is 11.2. The van der Waals surface area contributed by atoms with Crippen LogP contribution in [0.4, 0.5) is 9.59 Å². The first kappa shape index (κ1) is 12.5. The highest BCUT2D eigenvalue weighted by molar-refractivity contribution is 5.59. The minimum atomic E-state index is -1.35. The van der Waals surface area contributed by atoms with E-state index in [9.17, 15) is 9.59 Å². The number of hydrogen-bond donors (Lipinski definition) is 1. The lowest BCUT2D eigenvalue weighted by Gasteiger charge is -2.22. The Hall–Kier alpha value is -1.46. The van der Waals surface area contributed by atoms with Crippen LogP contribution in [0.1, 0.15) is 13.8 Å². The van der Waals surface area contributed by atoms with Gasteiger partial charge in [0.2, 0.25) is 0 Å². The van der Waals surface area contributed by atoms with Gasteiger partial charge in [-0.15, -0.1) is 0 Å². The van der Waals surface area contributed by atoms with Gasteiger partial charge in [-0.25, -0.2) is 9.59 Å². The van der Waals surface area contributed by atoms with Gasteiger partial charge < -0.3 is 19.3 Å². The fourth-order valence-electron chi connectivity index (χ4n) is 0.612. The Kier molecular flexibility index (Phi) is 4.76. The molecule has 0 amide bonds. The summed E-state index contributed by atoms with van der Waals surface area (Å²) < 4.78 is 13.3. The molecule has 0 aliphatic heterocycles. The van der Waals surface area contributed by atoms with Crippen molar-refractivity contribution in [3.05, 3.63) is 0 Å². The number of rotatable bonds is 4. The van der Waals surface area contributed by atoms with Gasteiger partial charge in [0, 0.05) is 5.41 Å². The molecule has 1 N–H and O–H groups in total. The highest BCUT2D eigenvalue weighted by Gasteiger charge is 2.22. The van der Waals surface area contributed by atoms with E-state index in [-0.39, 0.29) is 13.2 Å². The van der Waals surface area contributed by atoms with Crippen molar-refractivity contribution in [1.29, 1.82) is 0 Å². The molecular formula is C8H14O6. The molecule has 6 nitrogen and oxygen atoms in total. The summed E-state index contributed by atoms with van der Waals surface area (Å²) in [7, 11) is 1.20. The van der Waals surface area contributed by atoms with E-state index in [2.05, 4.69) is 14.2 Å². The molecule has 0 fully saturated rings. The average molecular weight is 206 g/mol. The maximum absolute atomic E-state index is 10.6. The van der Waals surface area contributed by atoms with Gasteiger partial charge in [0.1, 0.15) is 13.2 Å².